The van der Waals surface area contributed by atoms with E-state index in [9.17, 15) is 13.2 Å². The molecule has 0 radical (unpaired) electrons. The third-order valence-corrected chi connectivity index (χ3v) is 3.18. The van der Waals surface area contributed by atoms with Gasteiger partial charge >= 0.3 is 5.97 Å². The van der Waals surface area contributed by atoms with E-state index in [1.54, 1.807) is 19.9 Å². The van der Waals surface area contributed by atoms with Gasteiger partial charge in [0.1, 0.15) is 0 Å². The standard InChI is InChI=1S/C11H14O4S/c1-4-15-11(12)9-7-8(2)5-6-10(9)16(3,13)14/h5-7H,4H2,1-3H3. The summed E-state index contributed by atoms with van der Waals surface area (Å²) in [5.41, 5.74) is 0.916. The van der Waals surface area contributed by atoms with E-state index in [-0.39, 0.29) is 17.1 Å². The second-order valence-electron chi connectivity index (χ2n) is 3.49. The van der Waals surface area contributed by atoms with Gasteiger partial charge in [0.05, 0.1) is 17.1 Å². The smallest absolute Gasteiger partial charge is 0.339 e. The quantitative estimate of drug-likeness (QED) is 0.755. The number of benzene rings is 1. The molecule has 0 aromatic heterocycles. The highest BCUT2D eigenvalue weighted by Crippen LogP contribution is 2.18. The van der Waals surface area contributed by atoms with Crippen molar-refractivity contribution >= 4 is 15.8 Å². The molecule has 0 spiro atoms. The fourth-order valence-electron chi connectivity index (χ4n) is 1.34. The van der Waals surface area contributed by atoms with E-state index in [0.29, 0.717) is 0 Å². The van der Waals surface area contributed by atoms with Crippen LogP contribution in [0.4, 0.5) is 0 Å². The number of ether oxygens (including phenoxy) is 1. The van der Waals surface area contributed by atoms with E-state index < -0.39 is 15.8 Å². The summed E-state index contributed by atoms with van der Waals surface area (Å²) < 4.78 is 27.7. The Morgan fingerprint density at radius 1 is 1.38 bits per heavy atom. The number of sulfone groups is 1. The first kappa shape index (κ1) is 12.7. The van der Waals surface area contributed by atoms with Crippen LogP contribution in [0, 0.1) is 6.92 Å². The van der Waals surface area contributed by atoms with E-state index in [1.165, 1.54) is 12.1 Å². The van der Waals surface area contributed by atoms with Crippen LogP contribution in [0.3, 0.4) is 0 Å². The highest BCUT2D eigenvalue weighted by atomic mass is 32.2. The molecule has 5 heteroatoms. The van der Waals surface area contributed by atoms with Crippen molar-refractivity contribution < 1.29 is 17.9 Å². The van der Waals surface area contributed by atoms with Crippen LogP contribution >= 0.6 is 0 Å². The number of aryl methyl sites for hydroxylation is 1. The fraction of sp³-hybridized carbons (Fsp3) is 0.364. The molecule has 88 valence electrons. The molecule has 1 aromatic rings. The Morgan fingerprint density at radius 3 is 2.50 bits per heavy atom. The average molecular weight is 242 g/mol. The van der Waals surface area contributed by atoms with Gasteiger partial charge in [-0.05, 0) is 26.0 Å². The molecule has 0 fully saturated rings. The minimum Gasteiger partial charge on any atom is -0.462 e. The molecule has 0 amide bonds. The van der Waals surface area contributed by atoms with Gasteiger partial charge in [-0.3, -0.25) is 0 Å². The zero-order valence-corrected chi connectivity index (χ0v) is 10.3. The Kier molecular flexibility index (Phi) is 3.70. The van der Waals surface area contributed by atoms with Crippen molar-refractivity contribution in [3.63, 3.8) is 0 Å². The van der Waals surface area contributed by atoms with Crippen LogP contribution in [0.5, 0.6) is 0 Å². The number of esters is 1. The molecule has 0 aliphatic rings. The second kappa shape index (κ2) is 4.65. The first-order valence-corrected chi connectivity index (χ1v) is 6.73. The number of carbonyl (C=O) groups is 1. The van der Waals surface area contributed by atoms with Crippen molar-refractivity contribution in [2.24, 2.45) is 0 Å². The molecule has 0 saturated carbocycles. The molecule has 1 aromatic carbocycles. The molecule has 0 aliphatic heterocycles. The molecule has 0 atom stereocenters. The van der Waals surface area contributed by atoms with Crippen molar-refractivity contribution in [3.05, 3.63) is 29.3 Å². The average Bonchev–Trinajstić information content (AvgIpc) is 2.16. The molecule has 0 unspecified atom stereocenters. The lowest BCUT2D eigenvalue weighted by atomic mass is 10.1. The molecule has 0 N–H and O–H groups in total. The summed E-state index contributed by atoms with van der Waals surface area (Å²) in [7, 11) is -3.41. The van der Waals surface area contributed by atoms with Gasteiger partial charge in [0.25, 0.3) is 0 Å². The van der Waals surface area contributed by atoms with Crippen molar-refractivity contribution in [1.29, 1.82) is 0 Å². The fourth-order valence-corrected chi connectivity index (χ4v) is 2.19. The van der Waals surface area contributed by atoms with Gasteiger partial charge < -0.3 is 4.74 Å². The molecule has 4 nitrogen and oxygen atoms in total. The van der Waals surface area contributed by atoms with Gasteiger partial charge in [-0.15, -0.1) is 0 Å². The van der Waals surface area contributed by atoms with Crippen LogP contribution in [0.1, 0.15) is 22.8 Å². The molecule has 16 heavy (non-hydrogen) atoms. The maximum Gasteiger partial charge on any atom is 0.339 e. The lowest BCUT2D eigenvalue weighted by Gasteiger charge is -2.08. The predicted octanol–water partition coefficient (Wildman–Crippen LogP) is 1.58. The minimum absolute atomic E-state index is 0.0107. The summed E-state index contributed by atoms with van der Waals surface area (Å²) in [4.78, 5) is 11.6. The molecule has 1 rings (SSSR count). The summed E-state index contributed by atoms with van der Waals surface area (Å²) in [6.45, 7) is 3.68. The predicted molar refractivity (Wildman–Crippen MR) is 60.2 cm³/mol. The van der Waals surface area contributed by atoms with Crippen molar-refractivity contribution in [2.45, 2.75) is 18.7 Å². The highest BCUT2D eigenvalue weighted by Gasteiger charge is 2.19. The largest absolute Gasteiger partial charge is 0.462 e. The topological polar surface area (TPSA) is 60.4 Å². The van der Waals surface area contributed by atoms with E-state index in [2.05, 4.69) is 0 Å². The monoisotopic (exact) mass is 242 g/mol. The number of rotatable bonds is 3. The molecule has 0 heterocycles. The zero-order chi connectivity index (χ0) is 12.3. The summed E-state index contributed by atoms with van der Waals surface area (Å²) in [6, 6.07) is 4.60. The highest BCUT2D eigenvalue weighted by molar-refractivity contribution is 7.90. The van der Waals surface area contributed by atoms with Crippen molar-refractivity contribution in [3.8, 4) is 0 Å². The Morgan fingerprint density at radius 2 is 2.00 bits per heavy atom. The first-order valence-electron chi connectivity index (χ1n) is 4.84. The van der Waals surface area contributed by atoms with Crippen LogP contribution in [0.25, 0.3) is 0 Å². The normalized spacial score (nSPS) is 11.2. The van der Waals surface area contributed by atoms with Gasteiger partial charge in [-0.25, -0.2) is 13.2 Å². The zero-order valence-electron chi connectivity index (χ0n) is 9.48. The third kappa shape index (κ3) is 2.82. The van der Waals surface area contributed by atoms with E-state index >= 15 is 0 Å². The number of hydrogen-bond donors (Lipinski definition) is 0. The maximum atomic E-state index is 11.6. The maximum absolute atomic E-state index is 11.6. The van der Waals surface area contributed by atoms with Gasteiger partial charge in [0.15, 0.2) is 9.84 Å². The summed E-state index contributed by atoms with van der Waals surface area (Å²) in [5.74, 6) is -0.605. The van der Waals surface area contributed by atoms with Gasteiger partial charge in [-0.2, -0.15) is 0 Å². The van der Waals surface area contributed by atoms with Gasteiger partial charge in [0.2, 0.25) is 0 Å². The Labute approximate surface area is 95.2 Å². The van der Waals surface area contributed by atoms with Crippen LogP contribution in [0.2, 0.25) is 0 Å². The summed E-state index contributed by atoms with van der Waals surface area (Å²) in [5, 5.41) is 0. The van der Waals surface area contributed by atoms with Gasteiger partial charge in [-0.1, -0.05) is 11.6 Å². The Hall–Kier alpha value is -1.36. The number of carbonyl (C=O) groups excluding carboxylic acids is 1. The van der Waals surface area contributed by atoms with Crippen LogP contribution < -0.4 is 0 Å². The first-order chi connectivity index (χ1) is 7.36. The van der Waals surface area contributed by atoms with Crippen LogP contribution in [0.15, 0.2) is 23.1 Å². The molecule has 0 bridgehead atoms. The Balaban J connectivity index is 3.35. The third-order valence-electron chi connectivity index (χ3n) is 2.03. The molecular weight excluding hydrogens is 228 g/mol. The van der Waals surface area contributed by atoms with E-state index in [4.69, 9.17) is 4.74 Å². The molecule has 0 saturated heterocycles. The summed E-state index contributed by atoms with van der Waals surface area (Å²) >= 11 is 0. The summed E-state index contributed by atoms with van der Waals surface area (Å²) in [6.07, 6.45) is 1.07. The van der Waals surface area contributed by atoms with Gasteiger partial charge in [0, 0.05) is 6.26 Å². The molecule has 0 aliphatic carbocycles. The van der Waals surface area contributed by atoms with E-state index in [1.807, 2.05) is 0 Å². The van der Waals surface area contributed by atoms with E-state index in [0.717, 1.165) is 11.8 Å². The lowest BCUT2D eigenvalue weighted by molar-refractivity contribution is 0.0521. The second-order valence-corrected chi connectivity index (χ2v) is 5.48. The lowest BCUT2D eigenvalue weighted by Crippen LogP contribution is -2.11. The van der Waals surface area contributed by atoms with Crippen LogP contribution in [-0.2, 0) is 14.6 Å². The van der Waals surface area contributed by atoms with Crippen LogP contribution in [-0.4, -0.2) is 27.2 Å². The molecular formula is C11H14O4S. The SMILES string of the molecule is CCOC(=O)c1cc(C)ccc1S(C)(=O)=O. The van der Waals surface area contributed by atoms with Crippen molar-refractivity contribution in [2.75, 3.05) is 12.9 Å². The number of hydrogen-bond acceptors (Lipinski definition) is 4. The van der Waals surface area contributed by atoms with Crippen molar-refractivity contribution in [1.82, 2.24) is 0 Å². The Bertz CT molecular complexity index is 503. The minimum atomic E-state index is -3.41.